The van der Waals surface area contributed by atoms with Crippen LogP contribution in [0.1, 0.15) is 17.2 Å². The molecule has 1 aliphatic rings. The summed E-state index contributed by atoms with van der Waals surface area (Å²) in [6.07, 6.45) is -0.605. The lowest BCUT2D eigenvalue weighted by atomic mass is 10.0. The molecule has 92 valence electrons. The highest BCUT2D eigenvalue weighted by atomic mass is 16.3. The van der Waals surface area contributed by atoms with Crippen molar-refractivity contribution in [1.82, 2.24) is 9.80 Å². The van der Waals surface area contributed by atoms with Crippen molar-refractivity contribution < 1.29 is 9.90 Å². The van der Waals surface area contributed by atoms with Gasteiger partial charge >= 0.3 is 6.03 Å². The Labute approximate surface area is 101 Å². The summed E-state index contributed by atoms with van der Waals surface area (Å²) in [4.78, 5) is 15.1. The van der Waals surface area contributed by atoms with Gasteiger partial charge in [0.15, 0.2) is 0 Å². The van der Waals surface area contributed by atoms with Gasteiger partial charge in [0.25, 0.3) is 0 Å². The molecule has 1 aromatic rings. The van der Waals surface area contributed by atoms with Gasteiger partial charge < -0.3 is 14.9 Å². The van der Waals surface area contributed by atoms with Crippen LogP contribution in [-0.4, -0.2) is 47.6 Å². The van der Waals surface area contributed by atoms with Crippen molar-refractivity contribution in [2.75, 3.05) is 26.7 Å². The van der Waals surface area contributed by atoms with Gasteiger partial charge in [-0.15, -0.1) is 0 Å². The van der Waals surface area contributed by atoms with E-state index in [9.17, 15) is 9.90 Å². The molecule has 4 nitrogen and oxygen atoms in total. The largest absolute Gasteiger partial charge is 0.387 e. The SMILES string of the molecule is Cc1ccccc1C(O)CN1CCN(C)C1=O. The molecule has 0 bridgehead atoms. The molecule has 0 aliphatic carbocycles. The van der Waals surface area contributed by atoms with Crippen LogP contribution in [0.2, 0.25) is 0 Å². The van der Waals surface area contributed by atoms with Crippen LogP contribution in [0.25, 0.3) is 0 Å². The van der Waals surface area contributed by atoms with E-state index < -0.39 is 6.10 Å². The van der Waals surface area contributed by atoms with E-state index in [1.807, 2.05) is 31.2 Å². The summed E-state index contributed by atoms with van der Waals surface area (Å²) in [6.45, 7) is 3.77. The summed E-state index contributed by atoms with van der Waals surface area (Å²) in [7, 11) is 1.78. The lowest BCUT2D eigenvalue weighted by Crippen LogP contribution is -2.33. The number of hydrogen-bond acceptors (Lipinski definition) is 2. The first-order valence-corrected chi connectivity index (χ1v) is 5.83. The quantitative estimate of drug-likeness (QED) is 0.859. The molecule has 1 N–H and O–H groups in total. The fraction of sp³-hybridized carbons (Fsp3) is 0.462. The Morgan fingerprint density at radius 3 is 2.65 bits per heavy atom. The van der Waals surface area contributed by atoms with Crippen LogP contribution in [0.5, 0.6) is 0 Å². The fourth-order valence-electron chi connectivity index (χ4n) is 2.14. The molecule has 1 heterocycles. The second-order valence-electron chi connectivity index (χ2n) is 4.52. The number of aliphatic hydroxyl groups is 1. The predicted octanol–water partition coefficient (Wildman–Crippen LogP) is 1.40. The van der Waals surface area contributed by atoms with Crippen LogP contribution < -0.4 is 0 Å². The van der Waals surface area contributed by atoms with Crippen LogP contribution in [0.4, 0.5) is 4.79 Å². The highest BCUT2D eigenvalue weighted by molar-refractivity contribution is 5.76. The Kier molecular flexibility index (Phi) is 3.33. The van der Waals surface area contributed by atoms with E-state index in [2.05, 4.69) is 0 Å². The average Bonchev–Trinajstić information content (AvgIpc) is 2.61. The summed E-state index contributed by atoms with van der Waals surface area (Å²) < 4.78 is 0. The standard InChI is InChI=1S/C13H18N2O2/c1-10-5-3-4-6-11(10)12(16)9-15-8-7-14(2)13(15)17/h3-6,12,16H,7-9H2,1-2H3. The van der Waals surface area contributed by atoms with Crippen LogP contribution in [0.15, 0.2) is 24.3 Å². The topological polar surface area (TPSA) is 43.8 Å². The number of urea groups is 1. The fourth-order valence-corrected chi connectivity index (χ4v) is 2.14. The number of likely N-dealkylation sites (N-methyl/N-ethyl adjacent to an activating group) is 1. The zero-order valence-corrected chi connectivity index (χ0v) is 10.3. The van der Waals surface area contributed by atoms with E-state index in [1.165, 1.54) is 0 Å². The zero-order valence-electron chi connectivity index (χ0n) is 10.3. The molecule has 0 aromatic heterocycles. The zero-order chi connectivity index (χ0) is 12.4. The lowest BCUT2D eigenvalue weighted by Gasteiger charge is -2.21. The molecule has 1 atom stereocenters. The number of carbonyl (C=O) groups excluding carboxylic acids is 1. The number of rotatable bonds is 3. The molecule has 2 rings (SSSR count). The molecule has 1 fully saturated rings. The lowest BCUT2D eigenvalue weighted by molar-refractivity contribution is 0.128. The van der Waals surface area contributed by atoms with E-state index in [-0.39, 0.29) is 6.03 Å². The minimum Gasteiger partial charge on any atom is -0.387 e. The summed E-state index contributed by atoms with van der Waals surface area (Å²) >= 11 is 0. The molecular weight excluding hydrogens is 216 g/mol. The average molecular weight is 234 g/mol. The maximum atomic E-state index is 11.7. The van der Waals surface area contributed by atoms with Crippen LogP contribution >= 0.6 is 0 Å². The van der Waals surface area contributed by atoms with Gasteiger partial charge in [0.1, 0.15) is 0 Å². The van der Waals surface area contributed by atoms with Gasteiger partial charge in [-0.05, 0) is 18.1 Å². The summed E-state index contributed by atoms with van der Waals surface area (Å²) in [5.74, 6) is 0. The Morgan fingerprint density at radius 2 is 2.06 bits per heavy atom. The molecule has 1 saturated heterocycles. The van der Waals surface area contributed by atoms with Crippen molar-refractivity contribution >= 4 is 6.03 Å². The van der Waals surface area contributed by atoms with E-state index in [4.69, 9.17) is 0 Å². The summed E-state index contributed by atoms with van der Waals surface area (Å²) in [5, 5.41) is 10.2. The number of benzene rings is 1. The van der Waals surface area contributed by atoms with Crippen LogP contribution in [0.3, 0.4) is 0 Å². The van der Waals surface area contributed by atoms with E-state index in [0.717, 1.165) is 17.7 Å². The molecule has 1 aromatic carbocycles. The molecule has 1 aliphatic heterocycles. The van der Waals surface area contributed by atoms with Crippen molar-refractivity contribution in [3.63, 3.8) is 0 Å². The molecule has 2 amide bonds. The molecule has 0 radical (unpaired) electrons. The van der Waals surface area contributed by atoms with Crippen molar-refractivity contribution in [1.29, 1.82) is 0 Å². The third-order valence-electron chi connectivity index (χ3n) is 3.24. The molecule has 4 heteroatoms. The van der Waals surface area contributed by atoms with Gasteiger partial charge in [0, 0.05) is 20.1 Å². The Morgan fingerprint density at radius 1 is 1.35 bits per heavy atom. The number of aryl methyl sites for hydroxylation is 1. The molecule has 0 saturated carbocycles. The predicted molar refractivity (Wildman–Crippen MR) is 65.7 cm³/mol. The van der Waals surface area contributed by atoms with Crippen molar-refractivity contribution in [2.45, 2.75) is 13.0 Å². The minimum atomic E-state index is -0.605. The summed E-state index contributed by atoms with van der Waals surface area (Å²) in [6, 6.07) is 7.72. The van der Waals surface area contributed by atoms with Crippen molar-refractivity contribution in [2.24, 2.45) is 0 Å². The highest BCUT2D eigenvalue weighted by Crippen LogP contribution is 2.19. The number of amides is 2. The van der Waals surface area contributed by atoms with Gasteiger partial charge in [-0.2, -0.15) is 0 Å². The van der Waals surface area contributed by atoms with Gasteiger partial charge in [-0.25, -0.2) is 4.79 Å². The second-order valence-corrected chi connectivity index (χ2v) is 4.52. The van der Waals surface area contributed by atoms with Gasteiger partial charge in [-0.3, -0.25) is 0 Å². The Hall–Kier alpha value is -1.55. The Bertz CT molecular complexity index is 420. The maximum absolute atomic E-state index is 11.7. The van der Waals surface area contributed by atoms with Gasteiger partial charge in [0.2, 0.25) is 0 Å². The van der Waals surface area contributed by atoms with Crippen molar-refractivity contribution in [3.8, 4) is 0 Å². The summed E-state index contributed by atoms with van der Waals surface area (Å²) in [5.41, 5.74) is 1.95. The normalized spacial score (nSPS) is 17.7. The first-order valence-electron chi connectivity index (χ1n) is 5.83. The minimum absolute atomic E-state index is 0.00219. The molecule has 17 heavy (non-hydrogen) atoms. The van der Waals surface area contributed by atoms with E-state index >= 15 is 0 Å². The van der Waals surface area contributed by atoms with Gasteiger partial charge in [0.05, 0.1) is 12.6 Å². The molecular formula is C13H18N2O2. The van der Waals surface area contributed by atoms with E-state index in [0.29, 0.717) is 13.1 Å². The number of β-amino-alcohol motifs (C(OH)–C–C–N with tert-alkyl or cyclic N) is 1. The number of nitrogens with zero attached hydrogens (tertiary/aromatic N) is 2. The van der Waals surface area contributed by atoms with Crippen LogP contribution in [0, 0.1) is 6.92 Å². The third-order valence-corrected chi connectivity index (χ3v) is 3.24. The molecule has 1 unspecified atom stereocenters. The first-order chi connectivity index (χ1) is 8.09. The highest BCUT2D eigenvalue weighted by Gasteiger charge is 2.27. The Balaban J connectivity index is 2.05. The maximum Gasteiger partial charge on any atom is 0.319 e. The number of aliphatic hydroxyl groups excluding tert-OH is 1. The first kappa shape index (κ1) is 11.9. The van der Waals surface area contributed by atoms with Crippen LogP contribution in [-0.2, 0) is 0 Å². The van der Waals surface area contributed by atoms with Crippen molar-refractivity contribution in [3.05, 3.63) is 35.4 Å². The number of carbonyl (C=O) groups is 1. The monoisotopic (exact) mass is 234 g/mol. The smallest absolute Gasteiger partial charge is 0.319 e. The third kappa shape index (κ3) is 2.42. The number of hydrogen-bond donors (Lipinski definition) is 1. The van der Waals surface area contributed by atoms with E-state index in [1.54, 1.807) is 16.8 Å². The second kappa shape index (κ2) is 4.75. The molecule has 0 spiro atoms. The van der Waals surface area contributed by atoms with Gasteiger partial charge in [-0.1, -0.05) is 24.3 Å².